The summed E-state index contributed by atoms with van der Waals surface area (Å²) in [5.74, 6) is -0.534. The maximum absolute atomic E-state index is 13.3. The molecule has 1 aromatic rings. The fourth-order valence-electron chi connectivity index (χ4n) is 1.91. The number of halogens is 2. The smallest absolute Gasteiger partial charge is 0.253 e. The number of carbonyl (C=O) groups excluding carboxylic acids is 1. The molecular weight excluding hydrogens is 287 g/mol. The van der Waals surface area contributed by atoms with Gasteiger partial charge < -0.3 is 10.6 Å². The van der Waals surface area contributed by atoms with Gasteiger partial charge >= 0.3 is 0 Å². The fourth-order valence-corrected chi connectivity index (χ4v) is 2.16. The third-order valence-corrected chi connectivity index (χ3v) is 3.64. The van der Waals surface area contributed by atoms with Gasteiger partial charge in [0.25, 0.3) is 5.91 Å². The average molecular weight is 301 g/mol. The molecule has 0 saturated carbocycles. The van der Waals surface area contributed by atoms with Gasteiger partial charge in [-0.3, -0.25) is 4.79 Å². The second kappa shape index (κ2) is 5.14. The number of carbonyl (C=O) groups is 1. The third kappa shape index (κ3) is 2.84. The standard InChI is InChI=1S/C12H14BrFN2O/c13-10-2-1-8(7-11(10)14)12(17)16-5-3-9(15)4-6-16/h1-2,7,9H,3-6,15H2. The highest BCUT2D eigenvalue weighted by molar-refractivity contribution is 9.10. The van der Waals surface area contributed by atoms with Gasteiger partial charge in [0, 0.05) is 24.7 Å². The van der Waals surface area contributed by atoms with Crippen LogP contribution >= 0.6 is 15.9 Å². The molecular formula is C12H14BrFN2O. The minimum atomic E-state index is -0.412. The Bertz CT molecular complexity index is 431. The molecule has 2 N–H and O–H groups in total. The molecule has 5 heteroatoms. The summed E-state index contributed by atoms with van der Waals surface area (Å²) in [6.45, 7) is 1.30. The lowest BCUT2D eigenvalue weighted by atomic mass is 10.0. The van der Waals surface area contributed by atoms with Gasteiger partial charge in [-0.25, -0.2) is 4.39 Å². The Morgan fingerprint density at radius 1 is 1.41 bits per heavy atom. The first-order valence-electron chi connectivity index (χ1n) is 5.58. The largest absolute Gasteiger partial charge is 0.339 e. The molecule has 0 spiro atoms. The Kier molecular flexibility index (Phi) is 3.79. The van der Waals surface area contributed by atoms with Crippen LogP contribution in [0.1, 0.15) is 23.2 Å². The topological polar surface area (TPSA) is 46.3 Å². The second-order valence-electron chi connectivity index (χ2n) is 4.26. The minimum Gasteiger partial charge on any atom is -0.339 e. The van der Waals surface area contributed by atoms with Crippen molar-refractivity contribution in [2.45, 2.75) is 18.9 Å². The van der Waals surface area contributed by atoms with E-state index in [1.807, 2.05) is 0 Å². The highest BCUT2D eigenvalue weighted by Crippen LogP contribution is 2.19. The molecule has 1 amide bonds. The Balaban J connectivity index is 2.11. The van der Waals surface area contributed by atoms with Crippen LogP contribution in [0.15, 0.2) is 22.7 Å². The van der Waals surface area contributed by atoms with E-state index in [9.17, 15) is 9.18 Å². The van der Waals surface area contributed by atoms with Crippen molar-refractivity contribution >= 4 is 21.8 Å². The van der Waals surface area contributed by atoms with E-state index in [1.165, 1.54) is 6.07 Å². The monoisotopic (exact) mass is 300 g/mol. The Morgan fingerprint density at radius 2 is 2.06 bits per heavy atom. The Labute approximate surface area is 108 Å². The lowest BCUT2D eigenvalue weighted by Crippen LogP contribution is -2.42. The molecule has 0 bridgehead atoms. The third-order valence-electron chi connectivity index (χ3n) is 2.99. The number of nitrogens with zero attached hydrogens (tertiary/aromatic N) is 1. The van der Waals surface area contributed by atoms with Crippen molar-refractivity contribution in [3.05, 3.63) is 34.1 Å². The van der Waals surface area contributed by atoms with E-state index >= 15 is 0 Å². The van der Waals surface area contributed by atoms with E-state index in [4.69, 9.17) is 5.73 Å². The minimum absolute atomic E-state index is 0.122. The fraction of sp³-hybridized carbons (Fsp3) is 0.417. The van der Waals surface area contributed by atoms with Crippen LogP contribution in [0.5, 0.6) is 0 Å². The van der Waals surface area contributed by atoms with Gasteiger partial charge in [0.15, 0.2) is 0 Å². The zero-order valence-electron chi connectivity index (χ0n) is 9.33. The van der Waals surface area contributed by atoms with Crippen molar-refractivity contribution < 1.29 is 9.18 Å². The molecule has 0 unspecified atom stereocenters. The average Bonchev–Trinajstić information content (AvgIpc) is 2.33. The van der Waals surface area contributed by atoms with Gasteiger partial charge in [0.05, 0.1) is 4.47 Å². The number of nitrogens with two attached hydrogens (primary N) is 1. The van der Waals surface area contributed by atoms with Crippen LogP contribution in [0.3, 0.4) is 0 Å². The molecule has 0 atom stereocenters. The molecule has 1 aliphatic rings. The van der Waals surface area contributed by atoms with Crippen LogP contribution < -0.4 is 5.73 Å². The summed E-state index contributed by atoms with van der Waals surface area (Å²) in [6, 6.07) is 4.63. The van der Waals surface area contributed by atoms with E-state index in [0.717, 1.165) is 12.8 Å². The molecule has 0 aromatic heterocycles. The van der Waals surface area contributed by atoms with Crippen LogP contribution in [-0.2, 0) is 0 Å². The van der Waals surface area contributed by atoms with Gasteiger partial charge in [0.2, 0.25) is 0 Å². The van der Waals surface area contributed by atoms with Gasteiger partial charge in [-0.2, -0.15) is 0 Å². The van der Waals surface area contributed by atoms with Crippen molar-refractivity contribution in [2.75, 3.05) is 13.1 Å². The molecule has 3 nitrogen and oxygen atoms in total. The lowest BCUT2D eigenvalue weighted by Gasteiger charge is -2.30. The first kappa shape index (κ1) is 12.5. The van der Waals surface area contributed by atoms with Crippen molar-refractivity contribution in [1.29, 1.82) is 0 Å². The molecule has 0 radical (unpaired) electrons. The molecule has 1 aromatic carbocycles. The van der Waals surface area contributed by atoms with Crippen LogP contribution in [0.4, 0.5) is 4.39 Å². The number of amides is 1. The van der Waals surface area contributed by atoms with E-state index in [-0.39, 0.29) is 11.9 Å². The molecule has 17 heavy (non-hydrogen) atoms. The zero-order valence-corrected chi connectivity index (χ0v) is 10.9. The van der Waals surface area contributed by atoms with Crippen molar-refractivity contribution in [2.24, 2.45) is 5.73 Å². The molecule has 0 aliphatic carbocycles. The van der Waals surface area contributed by atoms with E-state index in [0.29, 0.717) is 23.1 Å². The van der Waals surface area contributed by atoms with Crippen molar-refractivity contribution in [1.82, 2.24) is 4.90 Å². The summed E-state index contributed by atoms with van der Waals surface area (Å²) in [5.41, 5.74) is 6.17. The van der Waals surface area contributed by atoms with Crippen LogP contribution in [0.25, 0.3) is 0 Å². The first-order valence-corrected chi connectivity index (χ1v) is 6.37. The summed E-state index contributed by atoms with van der Waals surface area (Å²) in [6.07, 6.45) is 1.62. The number of likely N-dealkylation sites (tertiary alicyclic amines) is 1. The maximum atomic E-state index is 13.3. The second-order valence-corrected chi connectivity index (χ2v) is 5.11. The summed E-state index contributed by atoms with van der Waals surface area (Å²) >= 11 is 3.07. The van der Waals surface area contributed by atoms with Gasteiger partial charge in [0.1, 0.15) is 5.82 Å². The predicted molar refractivity (Wildman–Crippen MR) is 67.2 cm³/mol. The lowest BCUT2D eigenvalue weighted by molar-refractivity contribution is 0.0714. The quantitative estimate of drug-likeness (QED) is 0.864. The van der Waals surface area contributed by atoms with Crippen LogP contribution in [0, 0.1) is 5.82 Å². The van der Waals surface area contributed by atoms with Crippen LogP contribution in [-0.4, -0.2) is 29.9 Å². The number of piperidine rings is 1. The predicted octanol–water partition coefficient (Wildman–Crippen LogP) is 2.15. The van der Waals surface area contributed by atoms with Gasteiger partial charge in [-0.05, 0) is 47.0 Å². The van der Waals surface area contributed by atoms with E-state index in [2.05, 4.69) is 15.9 Å². The summed E-state index contributed by atoms with van der Waals surface area (Å²) in [7, 11) is 0. The van der Waals surface area contributed by atoms with Crippen molar-refractivity contribution in [3.63, 3.8) is 0 Å². The number of benzene rings is 1. The maximum Gasteiger partial charge on any atom is 0.253 e. The normalized spacial score (nSPS) is 17.2. The molecule has 1 aliphatic heterocycles. The molecule has 1 fully saturated rings. The van der Waals surface area contributed by atoms with Gasteiger partial charge in [-0.1, -0.05) is 0 Å². The summed E-state index contributed by atoms with van der Waals surface area (Å²) in [5, 5.41) is 0. The summed E-state index contributed by atoms with van der Waals surface area (Å²) in [4.78, 5) is 13.8. The number of hydrogen-bond donors (Lipinski definition) is 1. The highest BCUT2D eigenvalue weighted by atomic mass is 79.9. The van der Waals surface area contributed by atoms with E-state index in [1.54, 1.807) is 17.0 Å². The van der Waals surface area contributed by atoms with E-state index < -0.39 is 5.82 Å². The molecule has 2 rings (SSSR count). The Morgan fingerprint density at radius 3 is 2.65 bits per heavy atom. The first-order chi connectivity index (χ1) is 8.08. The Hall–Kier alpha value is -0.940. The number of rotatable bonds is 1. The number of hydrogen-bond acceptors (Lipinski definition) is 2. The molecule has 1 heterocycles. The molecule has 92 valence electrons. The SMILES string of the molecule is NC1CCN(C(=O)c2ccc(Br)c(F)c2)CC1. The highest BCUT2D eigenvalue weighted by Gasteiger charge is 2.22. The summed E-state index contributed by atoms with van der Waals surface area (Å²) < 4.78 is 13.7. The van der Waals surface area contributed by atoms with Gasteiger partial charge in [-0.15, -0.1) is 0 Å². The zero-order chi connectivity index (χ0) is 12.4. The van der Waals surface area contributed by atoms with Crippen LogP contribution in [0.2, 0.25) is 0 Å². The van der Waals surface area contributed by atoms with Crippen molar-refractivity contribution in [3.8, 4) is 0 Å². The molecule has 1 saturated heterocycles.